The molecule has 0 radical (unpaired) electrons. The highest BCUT2D eigenvalue weighted by Gasteiger charge is 2.03. The van der Waals surface area contributed by atoms with E-state index in [2.05, 4.69) is 12.1 Å². The number of methoxy groups -OCH3 is 1. The van der Waals surface area contributed by atoms with Gasteiger partial charge in [-0.3, -0.25) is 0 Å². The smallest absolute Gasteiger partial charge is 0.161 e. The average Bonchev–Trinajstić information content (AvgIpc) is 2.51. The molecule has 0 saturated heterocycles. The van der Waals surface area contributed by atoms with Crippen molar-refractivity contribution < 1.29 is 9.47 Å². The number of aryl methyl sites for hydroxylation is 1. The molecule has 0 aliphatic rings. The molecule has 20 heavy (non-hydrogen) atoms. The number of hydrogen-bond acceptors (Lipinski definition) is 3. The molecule has 0 N–H and O–H groups in total. The molecule has 0 aliphatic carbocycles. The van der Waals surface area contributed by atoms with Crippen LogP contribution in [-0.2, 0) is 13.0 Å². The lowest BCUT2D eigenvalue weighted by atomic mass is 10.1. The highest BCUT2D eigenvalue weighted by Crippen LogP contribution is 2.26. The lowest BCUT2D eigenvalue weighted by Crippen LogP contribution is -1.98. The van der Waals surface area contributed by atoms with Crippen molar-refractivity contribution in [1.29, 1.82) is 5.26 Å². The Bertz CT molecular complexity index is 602. The SMILES string of the molecule is COc1ccccc1OCc1cccc(CCC#N)c1. The fraction of sp³-hybridized carbons (Fsp3) is 0.235. The standard InChI is InChI=1S/C17H17NO2/c1-19-16-9-2-3-10-17(16)20-13-15-7-4-6-14(12-15)8-5-11-18/h2-4,6-7,9-10,12H,5,8,13H2,1H3. The van der Waals surface area contributed by atoms with E-state index < -0.39 is 0 Å². The van der Waals surface area contributed by atoms with Gasteiger partial charge in [0, 0.05) is 6.42 Å². The number of hydrogen-bond donors (Lipinski definition) is 0. The molecule has 2 aromatic carbocycles. The van der Waals surface area contributed by atoms with Crippen molar-refractivity contribution in [2.45, 2.75) is 19.4 Å². The number of para-hydroxylation sites is 2. The van der Waals surface area contributed by atoms with E-state index in [0.717, 1.165) is 29.0 Å². The fourth-order valence-corrected chi connectivity index (χ4v) is 1.97. The highest BCUT2D eigenvalue weighted by molar-refractivity contribution is 5.39. The second-order valence-electron chi connectivity index (χ2n) is 4.42. The van der Waals surface area contributed by atoms with E-state index >= 15 is 0 Å². The molecule has 3 heteroatoms. The zero-order valence-electron chi connectivity index (χ0n) is 11.5. The maximum Gasteiger partial charge on any atom is 0.161 e. The van der Waals surface area contributed by atoms with E-state index in [0.29, 0.717) is 13.0 Å². The summed E-state index contributed by atoms with van der Waals surface area (Å²) in [6.07, 6.45) is 1.32. The molecule has 0 amide bonds. The molecule has 3 nitrogen and oxygen atoms in total. The van der Waals surface area contributed by atoms with Crippen LogP contribution in [0.1, 0.15) is 17.5 Å². The molecule has 0 bridgehead atoms. The molecule has 0 unspecified atom stereocenters. The third-order valence-electron chi connectivity index (χ3n) is 2.98. The van der Waals surface area contributed by atoms with Gasteiger partial charge in [-0.2, -0.15) is 5.26 Å². The second kappa shape index (κ2) is 7.20. The third kappa shape index (κ3) is 3.76. The molecule has 2 aromatic rings. The Labute approximate surface area is 119 Å². The van der Waals surface area contributed by atoms with Gasteiger partial charge >= 0.3 is 0 Å². The summed E-state index contributed by atoms with van der Waals surface area (Å²) in [5.41, 5.74) is 2.25. The van der Waals surface area contributed by atoms with Gasteiger partial charge in [-0.15, -0.1) is 0 Å². The van der Waals surface area contributed by atoms with E-state index in [-0.39, 0.29) is 0 Å². The van der Waals surface area contributed by atoms with Crippen molar-refractivity contribution in [3.63, 3.8) is 0 Å². The molecule has 0 fully saturated rings. The first kappa shape index (κ1) is 14.0. The van der Waals surface area contributed by atoms with Crippen LogP contribution in [0.2, 0.25) is 0 Å². The Morgan fingerprint density at radius 3 is 2.50 bits per heavy atom. The van der Waals surface area contributed by atoms with Crippen molar-refractivity contribution in [1.82, 2.24) is 0 Å². The minimum atomic E-state index is 0.487. The van der Waals surface area contributed by atoms with Gasteiger partial charge in [-0.05, 0) is 29.7 Å². The summed E-state index contributed by atoms with van der Waals surface area (Å²) < 4.78 is 11.0. The lowest BCUT2D eigenvalue weighted by Gasteiger charge is -2.10. The zero-order valence-corrected chi connectivity index (χ0v) is 11.5. The monoisotopic (exact) mass is 267 g/mol. The van der Waals surface area contributed by atoms with Crippen LogP contribution in [0.25, 0.3) is 0 Å². The van der Waals surface area contributed by atoms with Gasteiger partial charge < -0.3 is 9.47 Å². The summed E-state index contributed by atoms with van der Waals surface area (Å²) >= 11 is 0. The summed E-state index contributed by atoms with van der Waals surface area (Å²) in [6.45, 7) is 0.487. The van der Waals surface area contributed by atoms with Gasteiger partial charge in [0.05, 0.1) is 13.2 Å². The van der Waals surface area contributed by atoms with E-state index in [1.165, 1.54) is 0 Å². The summed E-state index contributed by atoms with van der Waals surface area (Å²) in [7, 11) is 1.63. The Morgan fingerprint density at radius 2 is 1.75 bits per heavy atom. The van der Waals surface area contributed by atoms with Crippen LogP contribution in [0.4, 0.5) is 0 Å². The minimum absolute atomic E-state index is 0.487. The molecule has 0 atom stereocenters. The second-order valence-corrected chi connectivity index (χ2v) is 4.42. The molecular formula is C17H17NO2. The van der Waals surface area contributed by atoms with Gasteiger partial charge in [0.25, 0.3) is 0 Å². The van der Waals surface area contributed by atoms with Crippen LogP contribution in [0.5, 0.6) is 11.5 Å². The van der Waals surface area contributed by atoms with E-state index in [1.807, 2.05) is 42.5 Å². The van der Waals surface area contributed by atoms with Gasteiger partial charge in [0.2, 0.25) is 0 Å². The molecule has 0 saturated carbocycles. The van der Waals surface area contributed by atoms with E-state index in [9.17, 15) is 0 Å². The zero-order chi connectivity index (χ0) is 14.2. The molecular weight excluding hydrogens is 250 g/mol. The van der Waals surface area contributed by atoms with Gasteiger partial charge in [0.1, 0.15) is 6.61 Å². The highest BCUT2D eigenvalue weighted by atomic mass is 16.5. The van der Waals surface area contributed by atoms with Crippen LogP contribution in [-0.4, -0.2) is 7.11 Å². The Morgan fingerprint density at radius 1 is 1.00 bits per heavy atom. The normalized spacial score (nSPS) is 9.80. The molecule has 0 spiro atoms. The number of rotatable bonds is 6. The predicted octanol–water partition coefficient (Wildman–Crippen LogP) is 3.73. The van der Waals surface area contributed by atoms with Crippen LogP contribution >= 0.6 is 0 Å². The number of nitrogens with zero attached hydrogens (tertiary/aromatic N) is 1. The first-order chi connectivity index (χ1) is 9.83. The van der Waals surface area contributed by atoms with Crippen molar-refractivity contribution in [2.75, 3.05) is 7.11 Å². The van der Waals surface area contributed by atoms with Crippen LogP contribution in [0, 0.1) is 11.3 Å². The van der Waals surface area contributed by atoms with Crippen LogP contribution in [0.15, 0.2) is 48.5 Å². The Hall–Kier alpha value is -2.47. The van der Waals surface area contributed by atoms with E-state index in [1.54, 1.807) is 7.11 Å². The van der Waals surface area contributed by atoms with Crippen molar-refractivity contribution in [3.05, 3.63) is 59.7 Å². The number of nitriles is 1. The summed E-state index contributed by atoms with van der Waals surface area (Å²) in [4.78, 5) is 0. The minimum Gasteiger partial charge on any atom is -0.493 e. The van der Waals surface area contributed by atoms with Crippen molar-refractivity contribution in [2.24, 2.45) is 0 Å². The van der Waals surface area contributed by atoms with Crippen LogP contribution in [0.3, 0.4) is 0 Å². The maximum atomic E-state index is 8.62. The fourth-order valence-electron chi connectivity index (χ4n) is 1.97. The average molecular weight is 267 g/mol. The Kier molecular flexibility index (Phi) is 5.02. The van der Waals surface area contributed by atoms with Crippen molar-refractivity contribution in [3.8, 4) is 17.6 Å². The Balaban J connectivity index is 2.02. The first-order valence-corrected chi connectivity index (χ1v) is 6.54. The van der Waals surface area contributed by atoms with Gasteiger partial charge in [-0.25, -0.2) is 0 Å². The van der Waals surface area contributed by atoms with Gasteiger partial charge in [-0.1, -0.05) is 36.4 Å². The van der Waals surface area contributed by atoms with Gasteiger partial charge in [0.15, 0.2) is 11.5 Å². The summed E-state index contributed by atoms with van der Waals surface area (Å²) in [6, 6.07) is 17.9. The molecule has 0 heterocycles. The molecule has 2 rings (SSSR count). The number of benzene rings is 2. The molecule has 0 aliphatic heterocycles. The van der Waals surface area contributed by atoms with Crippen molar-refractivity contribution >= 4 is 0 Å². The molecule has 0 aromatic heterocycles. The molecule has 102 valence electrons. The van der Waals surface area contributed by atoms with E-state index in [4.69, 9.17) is 14.7 Å². The number of ether oxygens (including phenoxy) is 2. The quantitative estimate of drug-likeness (QED) is 0.800. The summed E-state index contributed by atoms with van der Waals surface area (Å²) in [5.74, 6) is 1.46. The maximum absolute atomic E-state index is 8.62. The summed E-state index contributed by atoms with van der Waals surface area (Å²) in [5, 5.41) is 8.62. The van der Waals surface area contributed by atoms with Crippen LogP contribution < -0.4 is 9.47 Å². The lowest BCUT2D eigenvalue weighted by molar-refractivity contribution is 0.284. The first-order valence-electron chi connectivity index (χ1n) is 6.54. The third-order valence-corrected chi connectivity index (χ3v) is 2.98. The predicted molar refractivity (Wildman–Crippen MR) is 77.7 cm³/mol. The largest absolute Gasteiger partial charge is 0.493 e. The topological polar surface area (TPSA) is 42.2 Å².